The van der Waals surface area contributed by atoms with Crippen LogP contribution < -0.4 is 5.11 Å². The summed E-state index contributed by atoms with van der Waals surface area (Å²) in [7, 11) is 0. The smallest absolute Gasteiger partial charge is 0.256 e. The van der Waals surface area contributed by atoms with E-state index in [-0.39, 0.29) is 6.42 Å². The Labute approximate surface area is 128 Å². The lowest BCUT2D eigenvalue weighted by molar-refractivity contribution is -0.322. The third-order valence-electron chi connectivity index (χ3n) is 4.50. The van der Waals surface area contributed by atoms with Gasteiger partial charge in [-0.3, -0.25) is 4.79 Å². The molecular weight excluding hydrogens is 290 g/mol. The Balaban J connectivity index is 2.31. The van der Waals surface area contributed by atoms with Crippen molar-refractivity contribution in [2.24, 2.45) is 11.3 Å². The Morgan fingerprint density at radius 1 is 1.23 bits per heavy atom. The molecule has 1 aliphatic carbocycles. The van der Waals surface area contributed by atoms with Gasteiger partial charge in [0.25, 0.3) is 6.43 Å². The fraction of sp³-hybridized carbons (Fsp3) is 0.529. The number of rotatable bonds is 4. The van der Waals surface area contributed by atoms with Gasteiger partial charge in [0.2, 0.25) is 0 Å². The molecule has 1 fully saturated rings. The molecule has 1 aromatic rings. The fourth-order valence-corrected chi connectivity index (χ4v) is 3.19. The van der Waals surface area contributed by atoms with Gasteiger partial charge in [0, 0.05) is 5.92 Å². The number of Topliss-reactive ketones (excluding diaryl/α,β-unsaturated/α-hetero) is 1. The molecule has 0 N–H and O–H groups in total. The average Bonchev–Trinajstić information content (AvgIpc) is 2.47. The lowest BCUT2D eigenvalue weighted by Crippen LogP contribution is -2.55. The first-order valence-corrected chi connectivity index (χ1v) is 7.56. The summed E-state index contributed by atoms with van der Waals surface area (Å²) in [6.45, 7) is 0. The number of carbonyl (C=O) groups excluding carboxylic acids is 2. The van der Waals surface area contributed by atoms with Crippen LogP contribution in [0.2, 0.25) is 0 Å². The van der Waals surface area contributed by atoms with Gasteiger partial charge in [0.05, 0.1) is 5.97 Å². The predicted octanol–water partition coefficient (Wildman–Crippen LogP) is 2.38. The highest BCUT2D eigenvalue weighted by atomic mass is 19.3. The van der Waals surface area contributed by atoms with E-state index in [0.717, 1.165) is 12.0 Å². The maximum atomic E-state index is 13.5. The average molecular weight is 309 g/mol. The van der Waals surface area contributed by atoms with Gasteiger partial charge in [-0.25, -0.2) is 8.78 Å². The summed E-state index contributed by atoms with van der Waals surface area (Å²) in [4.78, 5) is 24.0. The maximum absolute atomic E-state index is 13.5. The molecule has 1 aromatic carbocycles. The first-order chi connectivity index (χ1) is 10.5. The van der Waals surface area contributed by atoms with Crippen LogP contribution in [0, 0.1) is 11.3 Å². The van der Waals surface area contributed by atoms with E-state index in [0.29, 0.717) is 25.7 Å². The number of carboxylic acid groups (broad SMARTS) is 1. The zero-order valence-corrected chi connectivity index (χ0v) is 12.3. The van der Waals surface area contributed by atoms with Crippen LogP contribution in [0.3, 0.4) is 0 Å². The molecule has 22 heavy (non-hydrogen) atoms. The first kappa shape index (κ1) is 16.6. The highest BCUT2D eigenvalue weighted by molar-refractivity contribution is 6.04. The number of hydrogen-bond acceptors (Lipinski definition) is 3. The van der Waals surface area contributed by atoms with Crippen molar-refractivity contribution >= 4 is 11.8 Å². The van der Waals surface area contributed by atoms with Gasteiger partial charge < -0.3 is 9.90 Å². The Bertz CT molecular complexity index is 530. The van der Waals surface area contributed by atoms with E-state index >= 15 is 0 Å². The van der Waals surface area contributed by atoms with Crippen LogP contribution >= 0.6 is 0 Å². The molecule has 5 heteroatoms. The number of hydrogen-bond donors (Lipinski definition) is 0. The molecule has 2 rings (SSSR count). The normalized spacial score (nSPS) is 26.5. The van der Waals surface area contributed by atoms with Crippen LogP contribution in [0.4, 0.5) is 8.78 Å². The molecule has 1 saturated carbocycles. The van der Waals surface area contributed by atoms with Crippen molar-refractivity contribution in [3.8, 4) is 0 Å². The van der Waals surface area contributed by atoms with Gasteiger partial charge in [-0.2, -0.15) is 0 Å². The van der Waals surface area contributed by atoms with Crippen LogP contribution in [0.15, 0.2) is 30.3 Å². The standard InChI is InChI=1S/C17H20F2O3/c18-15(19)17(16(21)22)10-6-2-5-9-13(14(17)20)11-12-7-3-1-4-8-12/h1,3-4,7-8,13,15H,2,5-6,9-11H2,(H,21,22)/p-1. The second-order valence-electron chi connectivity index (χ2n) is 5.91. The number of alkyl halides is 2. The van der Waals surface area contributed by atoms with E-state index in [2.05, 4.69) is 0 Å². The number of aliphatic carboxylic acids is 1. The van der Waals surface area contributed by atoms with Crippen LogP contribution in [0.1, 0.15) is 37.7 Å². The molecule has 2 atom stereocenters. The van der Waals surface area contributed by atoms with E-state index in [1.54, 1.807) is 0 Å². The van der Waals surface area contributed by atoms with E-state index in [1.165, 1.54) is 0 Å². The highest BCUT2D eigenvalue weighted by Gasteiger charge is 2.50. The van der Waals surface area contributed by atoms with Gasteiger partial charge in [-0.05, 0) is 24.8 Å². The largest absolute Gasteiger partial charge is 0.549 e. The van der Waals surface area contributed by atoms with Crippen molar-refractivity contribution in [3.63, 3.8) is 0 Å². The summed E-state index contributed by atoms with van der Waals surface area (Å²) in [6, 6.07) is 9.07. The topological polar surface area (TPSA) is 57.2 Å². The van der Waals surface area contributed by atoms with E-state index in [4.69, 9.17) is 0 Å². The third kappa shape index (κ3) is 3.18. The van der Waals surface area contributed by atoms with Crippen molar-refractivity contribution in [3.05, 3.63) is 35.9 Å². The summed E-state index contributed by atoms with van der Waals surface area (Å²) < 4.78 is 26.9. The molecule has 0 bridgehead atoms. The zero-order valence-electron chi connectivity index (χ0n) is 12.3. The molecule has 0 amide bonds. The SMILES string of the molecule is O=C([O-])C1(C(F)F)CCCCCC(Cc2ccccc2)C1=O. The summed E-state index contributed by atoms with van der Waals surface area (Å²) in [5.41, 5.74) is -1.80. The minimum Gasteiger partial charge on any atom is -0.549 e. The molecule has 0 saturated heterocycles. The van der Waals surface area contributed by atoms with Crippen molar-refractivity contribution in [1.29, 1.82) is 0 Å². The Morgan fingerprint density at radius 3 is 2.50 bits per heavy atom. The minimum atomic E-state index is -3.23. The Hall–Kier alpha value is -1.78. The van der Waals surface area contributed by atoms with Gasteiger partial charge in [0.1, 0.15) is 5.41 Å². The van der Waals surface area contributed by atoms with Crippen molar-refractivity contribution in [1.82, 2.24) is 0 Å². The number of halogens is 2. The van der Waals surface area contributed by atoms with Crippen LogP contribution in [-0.2, 0) is 16.0 Å². The summed E-state index contributed by atoms with van der Waals surface area (Å²) in [6.07, 6.45) is -1.13. The number of ketones is 1. The Morgan fingerprint density at radius 2 is 1.91 bits per heavy atom. The maximum Gasteiger partial charge on any atom is 0.256 e. The van der Waals surface area contributed by atoms with E-state index in [9.17, 15) is 23.5 Å². The molecule has 2 unspecified atom stereocenters. The van der Waals surface area contributed by atoms with Crippen molar-refractivity contribution in [2.45, 2.75) is 45.0 Å². The number of carboxylic acids is 1. The number of carbonyl (C=O) groups is 2. The fourth-order valence-electron chi connectivity index (χ4n) is 3.19. The molecule has 0 radical (unpaired) electrons. The predicted molar refractivity (Wildman–Crippen MR) is 75.2 cm³/mol. The molecule has 1 aliphatic rings. The van der Waals surface area contributed by atoms with Gasteiger partial charge in [-0.15, -0.1) is 0 Å². The van der Waals surface area contributed by atoms with Gasteiger partial charge in [0.15, 0.2) is 5.78 Å². The number of benzene rings is 1. The van der Waals surface area contributed by atoms with Gasteiger partial charge >= 0.3 is 0 Å². The zero-order chi connectivity index (χ0) is 16.2. The summed E-state index contributed by atoms with van der Waals surface area (Å²) >= 11 is 0. The van der Waals surface area contributed by atoms with Gasteiger partial charge in [-0.1, -0.05) is 49.6 Å². The summed E-state index contributed by atoms with van der Waals surface area (Å²) in [5, 5.41) is 11.4. The quantitative estimate of drug-likeness (QED) is 0.802. The molecule has 0 aromatic heterocycles. The molecular formula is C17H19F2O3-. The molecule has 120 valence electrons. The molecule has 0 spiro atoms. The van der Waals surface area contributed by atoms with Crippen LogP contribution in [0.25, 0.3) is 0 Å². The van der Waals surface area contributed by atoms with E-state index < -0.39 is 29.5 Å². The second kappa shape index (κ2) is 6.99. The van der Waals surface area contributed by atoms with Crippen LogP contribution in [-0.4, -0.2) is 18.2 Å². The van der Waals surface area contributed by atoms with Crippen molar-refractivity contribution in [2.75, 3.05) is 0 Å². The monoisotopic (exact) mass is 309 g/mol. The summed E-state index contributed by atoms with van der Waals surface area (Å²) in [5.74, 6) is -3.51. The first-order valence-electron chi connectivity index (χ1n) is 7.56. The van der Waals surface area contributed by atoms with Crippen LogP contribution in [0.5, 0.6) is 0 Å². The molecule has 3 nitrogen and oxygen atoms in total. The van der Waals surface area contributed by atoms with Crippen molar-refractivity contribution < 1.29 is 23.5 Å². The highest BCUT2D eigenvalue weighted by Crippen LogP contribution is 2.39. The second-order valence-corrected chi connectivity index (χ2v) is 5.91. The molecule has 0 aliphatic heterocycles. The Kier molecular flexibility index (Phi) is 5.27. The third-order valence-corrected chi connectivity index (χ3v) is 4.50. The lowest BCUT2D eigenvalue weighted by atomic mass is 9.70. The lowest BCUT2D eigenvalue weighted by Gasteiger charge is -2.37. The molecule has 0 heterocycles. The minimum absolute atomic E-state index is 0.293. The van der Waals surface area contributed by atoms with E-state index in [1.807, 2.05) is 30.3 Å².